The fourth-order valence-electron chi connectivity index (χ4n) is 1.88. The summed E-state index contributed by atoms with van der Waals surface area (Å²) in [6.45, 7) is 1.78. The van der Waals surface area contributed by atoms with Crippen LogP contribution in [0.1, 0.15) is 23.2 Å². The van der Waals surface area contributed by atoms with Crippen LogP contribution in [0.15, 0.2) is 22.7 Å². The molecule has 1 amide bonds. The Bertz CT molecular complexity index is 419. The number of hydrogen-bond donors (Lipinski definition) is 2. The van der Waals surface area contributed by atoms with Crippen LogP contribution in [0.3, 0.4) is 0 Å². The zero-order valence-electron chi connectivity index (χ0n) is 9.30. The third-order valence-corrected chi connectivity index (χ3v) is 3.46. The number of piperidine rings is 1. The van der Waals surface area contributed by atoms with E-state index in [9.17, 15) is 9.18 Å². The molecular formula is C12H14BrFN2O. The van der Waals surface area contributed by atoms with Gasteiger partial charge in [-0.3, -0.25) is 4.79 Å². The molecule has 17 heavy (non-hydrogen) atoms. The number of rotatable bonds is 2. The normalized spacial score (nSPS) is 20.0. The molecule has 1 heterocycles. The first-order chi connectivity index (χ1) is 8.16. The summed E-state index contributed by atoms with van der Waals surface area (Å²) in [6, 6.07) is 4.54. The average molecular weight is 301 g/mol. The van der Waals surface area contributed by atoms with Crippen LogP contribution in [-0.4, -0.2) is 25.0 Å². The highest BCUT2D eigenvalue weighted by Crippen LogP contribution is 2.16. The minimum Gasteiger partial charge on any atom is -0.348 e. The van der Waals surface area contributed by atoms with Crippen LogP contribution in [0.4, 0.5) is 4.39 Å². The van der Waals surface area contributed by atoms with E-state index in [2.05, 4.69) is 26.6 Å². The van der Waals surface area contributed by atoms with Gasteiger partial charge in [-0.05, 0) is 53.5 Å². The molecule has 5 heteroatoms. The van der Waals surface area contributed by atoms with Gasteiger partial charge in [-0.15, -0.1) is 0 Å². The van der Waals surface area contributed by atoms with Gasteiger partial charge in [0.25, 0.3) is 5.91 Å². The van der Waals surface area contributed by atoms with E-state index < -0.39 is 5.82 Å². The lowest BCUT2D eigenvalue weighted by atomic mass is 10.1. The molecular weight excluding hydrogens is 287 g/mol. The Labute approximate surface area is 108 Å². The highest BCUT2D eigenvalue weighted by atomic mass is 79.9. The van der Waals surface area contributed by atoms with Gasteiger partial charge in [0.2, 0.25) is 0 Å². The van der Waals surface area contributed by atoms with Crippen LogP contribution >= 0.6 is 15.9 Å². The molecule has 1 saturated heterocycles. The molecule has 1 aromatic carbocycles. The third kappa shape index (κ3) is 3.26. The van der Waals surface area contributed by atoms with E-state index in [0.717, 1.165) is 25.9 Å². The predicted octanol–water partition coefficient (Wildman–Crippen LogP) is 2.07. The first-order valence-electron chi connectivity index (χ1n) is 5.63. The summed E-state index contributed by atoms with van der Waals surface area (Å²) >= 11 is 3.06. The lowest BCUT2D eigenvalue weighted by Crippen LogP contribution is -2.45. The van der Waals surface area contributed by atoms with Crippen molar-refractivity contribution in [2.45, 2.75) is 18.9 Å². The van der Waals surface area contributed by atoms with Crippen LogP contribution in [0.2, 0.25) is 0 Å². The molecule has 1 fully saturated rings. The van der Waals surface area contributed by atoms with Gasteiger partial charge in [-0.1, -0.05) is 0 Å². The Morgan fingerprint density at radius 2 is 2.35 bits per heavy atom. The summed E-state index contributed by atoms with van der Waals surface area (Å²) in [7, 11) is 0. The number of carbonyl (C=O) groups is 1. The molecule has 0 aromatic heterocycles. The number of benzene rings is 1. The van der Waals surface area contributed by atoms with Gasteiger partial charge < -0.3 is 10.6 Å². The van der Waals surface area contributed by atoms with Crippen LogP contribution in [0, 0.1) is 5.82 Å². The maximum Gasteiger partial charge on any atom is 0.251 e. The molecule has 0 spiro atoms. The van der Waals surface area contributed by atoms with Gasteiger partial charge in [0.05, 0.1) is 4.47 Å². The third-order valence-electron chi connectivity index (χ3n) is 2.81. The maximum absolute atomic E-state index is 13.3. The summed E-state index contributed by atoms with van der Waals surface area (Å²) in [5.74, 6) is -0.635. The van der Waals surface area contributed by atoms with E-state index >= 15 is 0 Å². The molecule has 1 atom stereocenters. The van der Waals surface area contributed by atoms with Crippen LogP contribution in [0.5, 0.6) is 0 Å². The van der Waals surface area contributed by atoms with Crippen molar-refractivity contribution in [1.82, 2.24) is 10.6 Å². The molecule has 0 radical (unpaired) electrons. The topological polar surface area (TPSA) is 41.1 Å². The minimum atomic E-state index is -0.417. The zero-order valence-corrected chi connectivity index (χ0v) is 10.9. The van der Waals surface area contributed by atoms with Crippen molar-refractivity contribution in [1.29, 1.82) is 0 Å². The lowest BCUT2D eigenvalue weighted by molar-refractivity contribution is 0.0930. The quantitative estimate of drug-likeness (QED) is 0.878. The Hall–Kier alpha value is -0.940. The van der Waals surface area contributed by atoms with Crippen molar-refractivity contribution in [3.8, 4) is 0 Å². The fourth-order valence-corrected chi connectivity index (χ4v) is 2.13. The number of nitrogens with one attached hydrogen (secondary N) is 2. The number of hydrogen-bond acceptors (Lipinski definition) is 2. The van der Waals surface area contributed by atoms with Crippen LogP contribution in [0.25, 0.3) is 0 Å². The van der Waals surface area contributed by atoms with Gasteiger partial charge in [0.1, 0.15) is 5.82 Å². The van der Waals surface area contributed by atoms with Crippen molar-refractivity contribution >= 4 is 21.8 Å². The minimum absolute atomic E-state index is 0.142. The van der Waals surface area contributed by atoms with E-state index in [1.54, 1.807) is 12.1 Å². The second-order valence-electron chi connectivity index (χ2n) is 4.15. The maximum atomic E-state index is 13.3. The average Bonchev–Trinajstić information content (AvgIpc) is 2.34. The molecule has 0 aliphatic carbocycles. The summed E-state index contributed by atoms with van der Waals surface area (Å²) in [5.41, 5.74) is 0.358. The van der Waals surface area contributed by atoms with Crippen molar-refractivity contribution in [2.75, 3.05) is 13.1 Å². The largest absolute Gasteiger partial charge is 0.348 e. The highest BCUT2D eigenvalue weighted by molar-refractivity contribution is 9.10. The number of halogens is 2. The molecule has 0 bridgehead atoms. The SMILES string of the molecule is O=C(N[C@@H]1CCCNC1)c1ccc(Br)c(F)c1. The molecule has 0 saturated carbocycles. The molecule has 2 rings (SSSR count). The van der Waals surface area contributed by atoms with E-state index in [1.807, 2.05) is 0 Å². The van der Waals surface area contributed by atoms with E-state index in [4.69, 9.17) is 0 Å². The van der Waals surface area contributed by atoms with Crippen molar-refractivity contribution in [3.63, 3.8) is 0 Å². The Balaban J connectivity index is 2.01. The van der Waals surface area contributed by atoms with Crippen LogP contribution < -0.4 is 10.6 Å². The smallest absolute Gasteiger partial charge is 0.251 e. The molecule has 1 aliphatic heterocycles. The first kappa shape index (κ1) is 12.5. The second kappa shape index (κ2) is 5.60. The second-order valence-corrected chi connectivity index (χ2v) is 5.00. The summed E-state index contributed by atoms with van der Waals surface area (Å²) in [5, 5.41) is 6.11. The number of amides is 1. The Kier molecular flexibility index (Phi) is 4.12. The van der Waals surface area contributed by atoms with Gasteiger partial charge >= 0.3 is 0 Å². The molecule has 92 valence electrons. The molecule has 2 N–H and O–H groups in total. The van der Waals surface area contributed by atoms with Gasteiger partial charge in [0.15, 0.2) is 0 Å². The van der Waals surface area contributed by atoms with Gasteiger partial charge in [0, 0.05) is 18.2 Å². The zero-order chi connectivity index (χ0) is 12.3. The van der Waals surface area contributed by atoms with Crippen LogP contribution in [-0.2, 0) is 0 Å². The Morgan fingerprint density at radius 3 is 3.00 bits per heavy atom. The summed E-state index contributed by atoms with van der Waals surface area (Å²) in [6.07, 6.45) is 2.03. The molecule has 3 nitrogen and oxygen atoms in total. The first-order valence-corrected chi connectivity index (χ1v) is 6.43. The van der Waals surface area contributed by atoms with Gasteiger partial charge in [-0.25, -0.2) is 4.39 Å². The lowest BCUT2D eigenvalue weighted by Gasteiger charge is -2.23. The van der Waals surface area contributed by atoms with Gasteiger partial charge in [-0.2, -0.15) is 0 Å². The van der Waals surface area contributed by atoms with Crippen molar-refractivity contribution in [3.05, 3.63) is 34.1 Å². The monoisotopic (exact) mass is 300 g/mol. The van der Waals surface area contributed by atoms with E-state index in [-0.39, 0.29) is 11.9 Å². The molecule has 1 aromatic rings. The molecule has 1 aliphatic rings. The predicted molar refractivity (Wildman–Crippen MR) is 67.5 cm³/mol. The number of carbonyl (C=O) groups excluding carboxylic acids is 1. The Morgan fingerprint density at radius 1 is 1.53 bits per heavy atom. The fraction of sp³-hybridized carbons (Fsp3) is 0.417. The van der Waals surface area contributed by atoms with E-state index in [0.29, 0.717) is 10.0 Å². The summed E-state index contributed by atoms with van der Waals surface area (Å²) < 4.78 is 13.6. The van der Waals surface area contributed by atoms with E-state index in [1.165, 1.54) is 6.07 Å². The molecule has 0 unspecified atom stereocenters. The van der Waals surface area contributed by atoms with Crippen molar-refractivity contribution < 1.29 is 9.18 Å². The van der Waals surface area contributed by atoms with Crippen molar-refractivity contribution in [2.24, 2.45) is 0 Å². The standard InChI is InChI=1S/C12H14BrFN2O/c13-10-4-3-8(6-11(10)14)12(17)16-9-2-1-5-15-7-9/h3-4,6,9,15H,1-2,5,7H2,(H,16,17)/t9-/m1/s1. The highest BCUT2D eigenvalue weighted by Gasteiger charge is 2.16. The summed E-state index contributed by atoms with van der Waals surface area (Å²) in [4.78, 5) is 11.9.